The van der Waals surface area contributed by atoms with Crippen molar-refractivity contribution in [2.45, 2.75) is 57.3 Å². The van der Waals surface area contributed by atoms with E-state index in [0.717, 1.165) is 22.3 Å². The molecule has 248 valence electrons. The molecule has 1 fully saturated rings. The molecule has 4 atom stereocenters. The number of amides is 1. The van der Waals surface area contributed by atoms with Crippen molar-refractivity contribution in [3.8, 4) is 0 Å². The van der Waals surface area contributed by atoms with Crippen LogP contribution in [0.4, 0.5) is 0 Å². The summed E-state index contributed by atoms with van der Waals surface area (Å²) in [5, 5.41) is 12.2. The summed E-state index contributed by atoms with van der Waals surface area (Å²) in [7, 11) is 0. The molecule has 4 aromatic rings. The van der Waals surface area contributed by atoms with Gasteiger partial charge in [0, 0.05) is 13.1 Å². The Morgan fingerprint density at radius 3 is 1.60 bits per heavy atom. The Kier molecular flexibility index (Phi) is 13.1. The van der Waals surface area contributed by atoms with Gasteiger partial charge in [0.15, 0.2) is 6.10 Å². The van der Waals surface area contributed by atoms with E-state index in [2.05, 4.69) is 0 Å². The predicted molar refractivity (Wildman–Crippen MR) is 179 cm³/mol. The van der Waals surface area contributed by atoms with Crippen LogP contribution in [0.2, 0.25) is 0 Å². The smallest absolute Gasteiger partial charge is 0.254 e. The molecule has 0 radical (unpaired) electrons. The fourth-order valence-electron chi connectivity index (χ4n) is 5.55. The van der Waals surface area contributed by atoms with Gasteiger partial charge in [-0.25, -0.2) is 0 Å². The van der Waals surface area contributed by atoms with Gasteiger partial charge in [0.1, 0.15) is 17.8 Å². The van der Waals surface area contributed by atoms with Crippen LogP contribution in [0.15, 0.2) is 121 Å². The minimum Gasteiger partial charge on any atom is -0.385 e. The molecule has 8 nitrogen and oxygen atoms in total. The Morgan fingerprint density at radius 1 is 0.681 bits per heavy atom. The molecular formula is C39H45NO7. The van der Waals surface area contributed by atoms with Crippen molar-refractivity contribution in [3.63, 3.8) is 0 Å². The van der Waals surface area contributed by atoms with E-state index in [-0.39, 0.29) is 32.3 Å². The van der Waals surface area contributed by atoms with Gasteiger partial charge < -0.3 is 33.7 Å². The summed E-state index contributed by atoms with van der Waals surface area (Å²) < 4.78 is 31.4. The molecule has 1 heterocycles. The number of carbonyl (C=O) groups is 1. The van der Waals surface area contributed by atoms with Crippen molar-refractivity contribution < 1.29 is 33.6 Å². The lowest BCUT2D eigenvalue weighted by Gasteiger charge is -2.41. The van der Waals surface area contributed by atoms with Gasteiger partial charge in [0.2, 0.25) is 0 Å². The number of hydrogen-bond donors (Lipinski definition) is 1. The van der Waals surface area contributed by atoms with Crippen LogP contribution >= 0.6 is 0 Å². The molecule has 4 aromatic carbocycles. The van der Waals surface area contributed by atoms with Crippen molar-refractivity contribution in [1.29, 1.82) is 0 Å². The van der Waals surface area contributed by atoms with Crippen molar-refractivity contribution >= 4 is 5.91 Å². The summed E-state index contributed by atoms with van der Waals surface area (Å²) in [6.45, 7) is 4.18. The van der Waals surface area contributed by atoms with Gasteiger partial charge in [-0.3, -0.25) is 4.79 Å². The molecule has 1 N–H and O–H groups in total. The van der Waals surface area contributed by atoms with Crippen LogP contribution in [0.3, 0.4) is 0 Å². The highest BCUT2D eigenvalue weighted by Crippen LogP contribution is 2.28. The van der Waals surface area contributed by atoms with Crippen molar-refractivity contribution in [2.24, 2.45) is 0 Å². The third-order valence-corrected chi connectivity index (χ3v) is 8.11. The number of hydrogen-bond acceptors (Lipinski definition) is 7. The van der Waals surface area contributed by atoms with Crippen LogP contribution < -0.4 is 0 Å². The highest BCUT2D eigenvalue weighted by atomic mass is 16.6. The van der Waals surface area contributed by atoms with Gasteiger partial charge in [-0.2, -0.15) is 0 Å². The van der Waals surface area contributed by atoms with Crippen LogP contribution in [-0.4, -0.2) is 72.7 Å². The second-order valence-electron chi connectivity index (χ2n) is 12.0. The first-order chi connectivity index (χ1) is 23.0. The Hall–Kier alpha value is -3.89. The highest BCUT2D eigenvalue weighted by Gasteiger charge is 2.47. The zero-order valence-electron chi connectivity index (χ0n) is 27.0. The molecule has 0 bridgehead atoms. The SMILES string of the molecule is CC(O)(COCc1ccccc1)[C@@H](OCc1ccccc1)[C@H](OCc1ccccc1)[C@@H](OCc1ccccc1)C(=O)N1CCOCC1. The molecule has 1 unspecified atom stereocenters. The van der Waals surface area contributed by atoms with E-state index in [4.69, 9.17) is 23.7 Å². The largest absolute Gasteiger partial charge is 0.385 e. The van der Waals surface area contributed by atoms with Crippen molar-refractivity contribution in [2.75, 3.05) is 32.9 Å². The molecule has 0 spiro atoms. The van der Waals surface area contributed by atoms with Gasteiger partial charge in [0.05, 0.1) is 46.2 Å². The first-order valence-corrected chi connectivity index (χ1v) is 16.2. The minimum absolute atomic E-state index is 0.0658. The summed E-state index contributed by atoms with van der Waals surface area (Å²) in [6.07, 6.45) is -3.13. The quantitative estimate of drug-likeness (QED) is 0.162. The maximum absolute atomic E-state index is 14.4. The zero-order chi connectivity index (χ0) is 32.7. The fraction of sp³-hybridized carbons (Fsp3) is 0.359. The van der Waals surface area contributed by atoms with Crippen LogP contribution in [0, 0.1) is 0 Å². The van der Waals surface area contributed by atoms with Crippen molar-refractivity contribution in [1.82, 2.24) is 4.90 Å². The first-order valence-electron chi connectivity index (χ1n) is 16.2. The molecular weight excluding hydrogens is 594 g/mol. The lowest BCUT2D eigenvalue weighted by molar-refractivity contribution is -0.220. The molecule has 1 aliphatic rings. The fourth-order valence-corrected chi connectivity index (χ4v) is 5.55. The second-order valence-corrected chi connectivity index (χ2v) is 12.0. The standard InChI is InChI=1S/C39H45NO7/c1-39(42,30-44-26-31-14-6-2-7-15-31)37(47-29-34-20-12-5-13-21-34)35(45-27-32-16-8-3-9-17-32)36(38(41)40-22-24-43-25-23-40)46-28-33-18-10-4-11-19-33/h2-21,35-37,42H,22-30H2,1H3/t35-,36-,37+,39?/m1/s1. The number of aliphatic hydroxyl groups is 1. The van der Waals surface area contributed by atoms with E-state index in [1.165, 1.54) is 0 Å². The number of benzene rings is 4. The maximum atomic E-state index is 14.4. The molecule has 0 aliphatic carbocycles. The summed E-state index contributed by atoms with van der Waals surface area (Å²) in [5.41, 5.74) is 2.15. The summed E-state index contributed by atoms with van der Waals surface area (Å²) >= 11 is 0. The third-order valence-electron chi connectivity index (χ3n) is 8.11. The molecule has 1 amide bonds. The number of ether oxygens (including phenoxy) is 5. The third kappa shape index (κ3) is 10.6. The normalized spacial score (nSPS) is 16.6. The topological polar surface area (TPSA) is 86.7 Å². The van der Waals surface area contributed by atoms with E-state index in [1.807, 2.05) is 121 Å². The molecule has 8 heteroatoms. The predicted octanol–water partition coefficient (Wildman–Crippen LogP) is 5.57. The Balaban J connectivity index is 1.48. The molecule has 1 saturated heterocycles. The lowest BCUT2D eigenvalue weighted by Crippen LogP contribution is -2.60. The second kappa shape index (κ2) is 17.9. The van der Waals surface area contributed by atoms with E-state index < -0.39 is 23.9 Å². The van der Waals surface area contributed by atoms with Crippen LogP contribution in [0.25, 0.3) is 0 Å². The molecule has 0 saturated carbocycles. The average Bonchev–Trinajstić information content (AvgIpc) is 3.12. The monoisotopic (exact) mass is 639 g/mol. The van der Waals surface area contributed by atoms with Crippen molar-refractivity contribution in [3.05, 3.63) is 144 Å². The van der Waals surface area contributed by atoms with Crippen LogP contribution in [0.1, 0.15) is 29.2 Å². The number of morpholine rings is 1. The van der Waals surface area contributed by atoms with Gasteiger partial charge in [-0.05, 0) is 29.2 Å². The van der Waals surface area contributed by atoms with Crippen LogP contribution in [0.5, 0.6) is 0 Å². The number of rotatable bonds is 17. The first kappa shape index (κ1) is 34.4. The molecule has 47 heavy (non-hydrogen) atoms. The molecule has 5 rings (SSSR count). The van der Waals surface area contributed by atoms with Crippen LogP contribution in [-0.2, 0) is 54.9 Å². The number of carbonyl (C=O) groups excluding carboxylic acids is 1. The zero-order valence-corrected chi connectivity index (χ0v) is 27.0. The summed E-state index contributed by atoms with van der Waals surface area (Å²) in [6, 6.07) is 38.9. The van der Waals surface area contributed by atoms with E-state index in [0.29, 0.717) is 32.9 Å². The van der Waals surface area contributed by atoms with E-state index in [9.17, 15) is 9.90 Å². The van der Waals surface area contributed by atoms with Gasteiger partial charge in [-0.15, -0.1) is 0 Å². The van der Waals surface area contributed by atoms with E-state index in [1.54, 1.807) is 11.8 Å². The summed E-state index contributed by atoms with van der Waals surface area (Å²) in [5.74, 6) is -0.239. The Bertz CT molecular complexity index is 1450. The van der Waals surface area contributed by atoms with Gasteiger partial charge >= 0.3 is 0 Å². The highest BCUT2D eigenvalue weighted by molar-refractivity contribution is 5.82. The minimum atomic E-state index is -1.58. The Labute approximate surface area is 277 Å². The molecule has 1 aliphatic heterocycles. The molecule has 0 aromatic heterocycles. The maximum Gasteiger partial charge on any atom is 0.254 e. The van der Waals surface area contributed by atoms with Gasteiger partial charge in [-0.1, -0.05) is 121 Å². The summed E-state index contributed by atoms with van der Waals surface area (Å²) in [4.78, 5) is 16.1. The number of nitrogens with zero attached hydrogens (tertiary/aromatic N) is 1. The van der Waals surface area contributed by atoms with Gasteiger partial charge in [0.25, 0.3) is 5.91 Å². The van der Waals surface area contributed by atoms with E-state index >= 15 is 0 Å². The Morgan fingerprint density at radius 2 is 1.11 bits per heavy atom. The lowest BCUT2D eigenvalue weighted by atomic mass is 9.91. The average molecular weight is 640 g/mol.